The summed E-state index contributed by atoms with van der Waals surface area (Å²) in [5, 5.41) is 8.07. The van der Waals surface area contributed by atoms with Gasteiger partial charge in [-0.3, -0.25) is 4.68 Å². The van der Waals surface area contributed by atoms with Crippen LogP contribution in [0.25, 0.3) is 0 Å². The second kappa shape index (κ2) is 6.14. The van der Waals surface area contributed by atoms with Crippen LogP contribution in [0.1, 0.15) is 57.8 Å². The van der Waals surface area contributed by atoms with Gasteiger partial charge in [0.05, 0.1) is 24.9 Å². The van der Waals surface area contributed by atoms with E-state index in [-0.39, 0.29) is 11.6 Å². The molecule has 0 amide bonds. The first-order valence-corrected chi connectivity index (χ1v) is 7.49. The first kappa shape index (κ1) is 15.3. The molecule has 1 heterocycles. The number of methoxy groups -OCH3 is 2. The van der Waals surface area contributed by atoms with Crippen LogP contribution >= 0.6 is 0 Å². The smallest absolute Gasteiger partial charge is 0.161 e. The number of likely N-dealkylation sites (N-methyl/N-ethyl adjacent to an activating group) is 1. The number of hydrogen-bond donors (Lipinski definition) is 1. The molecule has 0 spiro atoms. The summed E-state index contributed by atoms with van der Waals surface area (Å²) < 4.78 is 13.5. The lowest BCUT2D eigenvalue weighted by Gasteiger charge is -2.47. The Bertz CT molecular complexity index is 433. The molecule has 0 aromatic carbocycles. The van der Waals surface area contributed by atoms with Gasteiger partial charge in [0.2, 0.25) is 0 Å². The maximum absolute atomic E-state index is 5.89. The van der Waals surface area contributed by atoms with E-state index >= 15 is 0 Å². The van der Waals surface area contributed by atoms with Crippen LogP contribution < -0.4 is 10.1 Å². The largest absolute Gasteiger partial charge is 0.493 e. The third-order valence-electron chi connectivity index (χ3n) is 4.32. The first-order valence-electron chi connectivity index (χ1n) is 7.49. The molecule has 0 bridgehead atoms. The fraction of sp³-hybridized carbons (Fsp3) is 0.800. The summed E-state index contributed by atoms with van der Waals surface area (Å²) in [6.45, 7) is 7.29. The molecule has 1 aromatic rings. The molecular formula is C15H27N3O2. The van der Waals surface area contributed by atoms with Crippen LogP contribution in [0.4, 0.5) is 0 Å². The third kappa shape index (κ3) is 2.44. The molecule has 0 aliphatic heterocycles. The summed E-state index contributed by atoms with van der Waals surface area (Å²) >= 11 is 0. The molecule has 1 aliphatic carbocycles. The van der Waals surface area contributed by atoms with Crippen molar-refractivity contribution in [2.24, 2.45) is 0 Å². The van der Waals surface area contributed by atoms with Gasteiger partial charge in [-0.1, -0.05) is 6.92 Å². The molecule has 5 nitrogen and oxygen atoms in total. The fourth-order valence-corrected chi connectivity index (χ4v) is 3.07. The van der Waals surface area contributed by atoms with Crippen molar-refractivity contribution in [1.82, 2.24) is 15.1 Å². The number of aromatic nitrogens is 2. The van der Waals surface area contributed by atoms with Crippen LogP contribution in [0.15, 0.2) is 6.20 Å². The molecule has 20 heavy (non-hydrogen) atoms. The average Bonchev–Trinajstić information content (AvgIpc) is 2.80. The standard InChI is InChI=1S/C15H27N3O2/c1-6-16-14(15(20-5)8-7-9-15)13-12(19-4)10-17-18(13)11(2)3/h10-11,14,16H,6-9H2,1-5H3. The highest BCUT2D eigenvalue weighted by atomic mass is 16.5. The van der Waals surface area contributed by atoms with Gasteiger partial charge in [0.25, 0.3) is 0 Å². The van der Waals surface area contributed by atoms with Gasteiger partial charge >= 0.3 is 0 Å². The highest BCUT2D eigenvalue weighted by molar-refractivity contribution is 5.32. The molecule has 1 aromatic heterocycles. The highest BCUT2D eigenvalue weighted by Gasteiger charge is 2.47. The van der Waals surface area contributed by atoms with Crippen LogP contribution in [0.2, 0.25) is 0 Å². The molecule has 1 atom stereocenters. The normalized spacial score (nSPS) is 18.9. The monoisotopic (exact) mass is 281 g/mol. The Kier molecular flexibility index (Phi) is 4.70. The van der Waals surface area contributed by atoms with E-state index in [1.165, 1.54) is 6.42 Å². The predicted molar refractivity (Wildman–Crippen MR) is 79.2 cm³/mol. The van der Waals surface area contributed by atoms with Crippen molar-refractivity contribution in [3.8, 4) is 5.75 Å². The van der Waals surface area contributed by atoms with Crippen molar-refractivity contribution in [3.05, 3.63) is 11.9 Å². The van der Waals surface area contributed by atoms with Crippen molar-refractivity contribution in [2.75, 3.05) is 20.8 Å². The number of rotatable bonds is 7. The molecular weight excluding hydrogens is 254 g/mol. The second-order valence-corrected chi connectivity index (χ2v) is 5.75. The molecule has 1 N–H and O–H groups in total. The van der Waals surface area contributed by atoms with Gasteiger partial charge < -0.3 is 14.8 Å². The average molecular weight is 281 g/mol. The Balaban J connectivity index is 2.45. The van der Waals surface area contributed by atoms with Crippen molar-refractivity contribution in [3.63, 3.8) is 0 Å². The minimum Gasteiger partial charge on any atom is -0.493 e. The van der Waals surface area contributed by atoms with Gasteiger partial charge in [0.1, 0.15) is 5.69 Å². The molecule has 5 heteroatoms. The Morgan fingerprint density at radius 1 is 1.40 bits per heavy atom. The van der Waals surface area contributed by atoms with Gasteiger partial charge in [0, 0.05) is 13.2 Å². The Hall–Kier alpha value is -1.07. The molecule has 0 saturated heterocycles. The van der Waals surface area contributed by atoms with Crippen LogP contribution in [-0.4, -0.2) is 36.1 Å². The maximum atomic E-state index is 5.89. The molecule has 114 valence electrons. The van der Waals surface area contributed by atoms with Crippen LogP contribution in [0, 0.1) is 0 Å². The number of hydrogen-bond acceptors (Lipinski definition) is 4. The first-order chi connectivity index (χ1) is 9.59. The SMILES string of the molecule is CCNC(c1c(OC)cnn1C(C)C)C1(OC)CCC1. The van der Waals surface area contributed by atoms with Crippen molar-refractivity contribution in [2.45, 2.75) is 57.7 Å². The molecule has 1 unspecified atom stereocenters. The van der Waals surface area contributed by atoms with Gasteiger partial charge in [-0.25, -0.2) is 0 Å². The minimum absolute atomic E-state index is 0.117. The van der Waals surface area contributed by atoms with E-state index in [0.29, 0.717) is 6.04 Å². The molecule has 0 radical (unpaired) electrons. The Labute approximate surface area is 121 Å². The summed E-state index contributed by atoms with van der Waals surface area (Å²) in [5.41, 5.74) is 0.974. The lowest BCUT2D eigenvalue weighted by Crippen LogP contribution is -2.51. The van der Waals surface area contributed by atoms with E-state index in [4.69, 9.17) is 9.47 Å². The quantitative estimate of drug-likeness (QED) is 0.835. The van der Waals surface area contributed by atoms with Crippen molar-refractivity contribution in [1.29, 1.82) is 0 Å². The van der Waals surface area contributed by atoms with E-state index in [0.717, 1.165) is 30.8 Å². The summed E-state index contributed by atoms with van der Waals surface area (Å²) in [6.07, 6.45) is 5.18. The zero-order valence-electron chi connectivity index (χ0n) is 13.3. The summed E-state index contributed by atoms with van der Waals surface area (Å²) in [5.74, 6) is 0.841. The van der Waals surface area contributed by atoms with Gasteiger partial charge in [-0.15, -0.1) is 0 Å². The van der Waals surface area contributed by atoms with Gasteiger partial charge in [0.15, 0.2) is 5.75 Å². The van der Waals surface area contributed by atoms with Crippen LogP contribution in [0.5, 0.6) is 5.75 Å². The van der Waals surface area contributed by atoms with E-state index < -0.39 is 0 Å². The van der Waals surface area contributed by atoms with Gasteiger partial charge in [-0.05, 0) is 39.7 Å². The van der Waals surface area contributed by atoms with E-state index in [9.17, 15) is 0 Å². The van der Waals surface area contributed by atoms with E-state index in [1.54, 1.807) is 7.11 Å². The van der Waals surface area contributed by atoms with Crippen LogP contribution in [-0.2, 0) is 4.74 Å². The lowest BCUT2D eigenvalue weighted by molar-refractivity contribution is -0.102. The van der Waals surface area contributed by atoms with Crippen molar-refractivity contribution < 1.29 is 9.47 Å². The molecule has 2 rings (SSSR count). The predicted octanol–water partition coefficient (Wildman–Crippen LogP) is 2.69. The zero-order chi connectivity index (χ0) is 14.8. The molecule has 1 aliphatic rings. The zero-order valence-corrected chi connectivity index (χ0v) is 13.3. The summed E-state index contributed by atoms with van der Waals surface area (Å²) in [6, 6.07) is 0.412. The molecule has 1 fully saturated rings. The lowest BCUT2D eigenvalue weighted by atomic mass is 9.73. The number of nitrogens with one attached hydrogen (secondary N) is 1. The minimum atomic E-state index is -0.129. The fourth-order valence-electron chi connectivity index (χ4n) is 3.07. The summed E-state index contributed by atoms with van der Waals surface area (Å²) in [4.78, 5) is 0. The summed E-state index contributed by atoms with van der Waals surface area (Å²) in [7, 11) is 3.51. The van der Waals surface area contributed by atoms with Crippen LogP contribution in [0.3, 0.4) is 0 Å². The Morgan fingerprint density at radius 2 is 2.10 bits per heavy atom. The van der Waals surface area contributed by atoms with Crippen molar-refractivity contribution >= 4 is 0 Å². The van der Waals surface area contributed by atoms with E-state index in [1.807, 2.05) is 18.0 Å². The number of ether oxygens (including phenoxy) is 2. The van der Waals surface area contributed by atoms with Gasteiger partial charge in [-0.2, -0.15) is 5.10 Å². The second-order valence-electron chi connectivity index (χ2n) is 5.75. The Morgan fingerprint density at radius 3 is 2.50 bits per heavy atom. The highest BCUT2D eigenvalue weighted by Crippen LogP contribution is 2.47. The topological polar surface area (TPSA) is 48.3 Å². The maximum Gasteiger partial charge on any atom is 0.161 e. The third-order valence-corrected chi connectivity index (χ3v) is 4.32. The number of nitrogens with zero attached hydrogens (tertiary/aromatic N) is 2. The van der Waals surface area contributed by atoms with E-state index in [2.05, 4.69) is 31.2 Å². The molecule has 1 saturated carbocycles.